The molecule has 2 atom stereocenters. The molecule has 1 rings (SSSR count). The predicted octanol–water partition coefficient (Wildman–Crippen LogP) is 0.739. The van der Waals surface area contributed by atoms with E-state index in [1.807, 2.05) is 20.8 Å². The lowest BCUT2D eigenvalue weighted by Crippen LogP contribution is -2.37. The zero-order valence-corrected chi connectivity index (χ0v) is 10.1. The van der Waals surface area contributed by atoms with Gasteiger partial charge in [-0.25, -0.2) is 4.79 Å². The van der Waals surface area contributed by atoms with E-state index in [1.165, 1.54) is 4.90 Å². The molecule has 1 aliphatic rings. The van der Waals surface area contributed by atoms with Gasteiger partial charge in [-0.05, 0) is 33.6 Å². The number of amides is 1. The van der Waals surface area contributed by atoms with Gasteiger partial charge in [0, 0.05) is 13.1 Å². The fourth-order valence-corrected chi connectivity index (χ4v) is 1.58. The molecule has 1 heterocycles. The van der Waals surface area contributed by atoms with Gasteiger partial charge < -0.3 is 19.8 Å². The maximum atomic E-state index is 11.7. The molecule has 0 bridgehead atoms. The highest BCUT2D eigenvalue weighted by atomic mass is 16.6. The summed E-state index contributed by atoms with van der Waals surface area (Å²) >= 11 is 0. The van der Waals surface area contributed by atoms with Crippen molar-refractivity contribution in [1.29, 1.82) is 0 Å². The Morgan fingerprint density at radius 2 is 1.62 bits per heavy atom. The minimum atomic E-state index is -0.743. The molecule has 0 aromatic carbocycles. The second-order valence-corrected chi connectivity index (χ2v) is 5.18. The Bertz CT molecular complexity index is 237. The van der Waals surface area contributed by atoms with Gasteiger partial charge in [0.05, 0.1) is 12.2 Å². The highest BCUT2D eigenvalue weighted by Crippen LogP contribution is 2.15. The monoisotopic (exact) mass is 231 g/mol. The fourth-order valence-electron chi connectivity index (χ4n) is 1.58. The van der Waals surface area contributed by atoms with Gasteiger partial charge in [0.15, 0.2) is 0 Å². The van der Waals surface area contributed by atoms with Crippen molar-refractivity contribution in [3.05, 3.63) is 0 Å². The van der Waals surface area contributed by atoms with Crippen molar-refractivity contribution in [1.82, 2.24) is 4.90 Å². The number of aliphatic hydroxyl groups is 2. The van der Waals surface area contributed by atoms with Crippen molar-refractivity contribution >= 4 is 6.09 Å². The third-order valence-electron chi connectivity index (χ3n) is 2.49. The maximum absolute atomic E-state index is 11.7. The number of ether oxygens (including phenoxy) is 1. The lowest BCUT2D eigenvalue weighted by atomic mass is 10.1. The summed E-state index contributed by atoms with van der Waals surface area (Å²) in [5.41, 5.74) is -0.513. The Hall–Kier alpha value is -0.810. The molecule has 1 saturated heterocycles. The lowest BCUT2D eigenvalue weighted by molar-refractivity contribution is 0.0187. The van der Waals surface area contributed by atoms with Gasteiger partial charge in [-0.2, -0.15) is 0 Å². The second kappa shape index (κ2) is 5.01. The second-order valence-electron chi connectivity index (χ2n) is 5.18. The predicted molar refractivity (Wildman–Crippen MR) is 59.1 cm³/mol. The summed E-state index contributed by atoms with van der Waals surface area (Å²) < 4.78 is 5.23. The van der Waals surface area contributed by atoms with Gasteiger partial charge >= 0.3 is 6.09 Å². The normalized spacial score (nSPS) is 27.4. The number of hydrogen-bond acceptors (Lipinski definition) is 4. The van der Waals surface area contributed by atoms with Crippen molar-refractivity contribution in [2.24, 2.45) is 0 Å². The molecule has 5 nitrogen and oxygen atoms in total. The van der Waals surface area contributed by atoms with Gasteiger partial charge in [-0.15, -0.1) is 0 Å². The summed E-state index contributed by atoms with van der Waals surface area (Å²) in [6, 6.07) is 0. The van der Waals surface area contributed by atoms with Gasteiger partial charge in [0.2, 0.25) is 0 Å². The molecule has 0 aromatic heterocycles. The largest absolute Gasteiger partial charge is 0.444 e. The molecule has 94 valence electrons. The van der Waals surface area contributed by atoms with E-state index in [2.05, 4.69) is 0 Å². The molecule has 0 aromatic rings. The molecule has 2 N–H and O–H groups in total. The standard InChI is InChI=1S/C11H21NO4/c1-11(2,3)16-10(15)12-6-4-8(13)9(14)5-7-12/h8-9,13-14H,4-7H2,1-3H3/t8-,9-/m1/s1. The van der Waals surface area contributed by atoms with Crippen molar-refractivity contribution < 1.29 is 19.7 Å². The zero-order valence-electron chi connectivity index (χ0n) is 10.1. The third kappa shape index (κ3) is 3.98. The first kappa shape index (κ1) is 13.3. The molecule has 0 unspecified atom stereocenters. The third-order valence-corrected chi connectivity index (χ3v) is 2.49. The average Bonchev–Trinajstić information content (AvgIpc) is 2.28. The first-order valence-corrected chi connectivity index (χ1v) is 5.63. The summed E-state index contributed by atoms with van der Waals surface area (Å²) in [6.45, 7) is 6.28. The molecule has 1 amide bonds. The van der Waals surface area contributed by atoms with E-state index < -0.39 is 17.8 Å². The number of aliphatic hydroxyl groups excluding tert-OH is 2. The number of carbonyl (C=O) groups is 1. The van der Waals surface area contributed by atoms with E-state index in [0.29, 0.717) is 25.9 Å². The van der Waals surface area contributed by atoms with Crippen LogP contribution in [0.5, 0.6) is 0 Å². The molecule has 5 heteroatoms. The summed E-state index contributed by atoms with van der Waals surface area (Å²) in [4.78, 5) is 13.3. The van der Waals surface area contributed by atoms with E-state index in [4.69, 9.17) is 4.74 Å². The van der Waals surface area contributed by atoms with E-state index >= 15 is 0 Å². The van der Waals surface area contributed by atoms with Crippen molar-refractivity contribution in [2.45, 2.75) is 51.4 Å². The number of hydrogen-bond donors (Lipinski definition) is 2. The number of rotatable bonds is 0. The fraction of sp³-hybridized carbons (Fsp3) is 0.909. The minimum absolute atomic E-state index is 0.381. The zero-order chi connectivity index (χ0) is 12.3. The van der Waals surface area contributed by atoms with E-state index in [-0.39, 0.29) is 6.09 Å². The Morgan fingerprint density at radius 3 is 2.00 bits per heavy atom. The molecular weight excluding hydrogens is 210 g/mol. The topological polar surface area (TPSA) is 70.0 Å². The average molecular weight is 231 g/mol. The summed E-state index contributed by atoms with van der Waals surface area (Å²) in [5, 5.41) is 18.9. The van der Waals surface area contributed by atoms with Gasteiger partial charge in [0.25, 0.3) is 0 Å². The number of nitrogens with zero attached hydrogens (tertiary/aromatic N) is 1. The Balaban J connectivity index is 2.51. The highest BCUT2D eigenvalue weighted by molar-refractivity contribution is 5.68. The molecular formula is C11H21NO4. The van der Waals surface area contributed by atoms with Gasteiger partial charge in [-0.1, -0.05) is 0 Å². The maximum Gasteiger partial charge on any atom is 0.410 e. The Morgan fingerprint density at radius 1 is 1.19 bits per heavy atom. The van der Waals surface area contributed by atoms with Crippen LogP contribution in [0.25, 0.3) is 0 Å². The van der Waals surface area contributed by atoms with Crippen LogP contribution in [0.3, 0.4) is 0 Å². The molecule has 0 aliphatic carbocycles. The Kier molecular flexibility index (Phi) is 4.15. The molecule has 1 aliphatic heterocycles. The van der Waals surface area contributed by atoms with Gasteiger partial charge in [0.1, 0.15) is 5.60 Å². The first-order chi connectivity index (χ1) is 7.29. The molecule has 0 saturated carbocycles. The molecule has 1 fully saturated rings. The van der Waals surface area contributed by atoms with Crippen molar-refractivity contribution in [3.63, 3.8) is 0 Å². The van der Waals surface area contributed by atoms with Crippen molar-refractivity contribution in [2.75, 3.05) is 13.1 Å². The van der Waals surface area contributed by atoms with Crippen molar-refractivity contribution in [3.8, 4) is 0 Å². The van der Waals surface area contributed by atoms with Crippen LogP contribution in [-0.4, -0.2) is 52.1 Å². The molecule has 0 spiro atoms. The molecule has 16 heavy (non-hydrogen) atoms. The number of likely N-dealkylation sites (tertiary alicyclic amines) is 1. The number of carbonyl (C=O) groups excluding carboxylic acids is 1. The van der Waals surface area contributed by atoms with E-state index in [1.54, 1.807) is 0 Å². The van der Waals surface area contributed by atoms with Crippen LogP contribution in [0.1, 0.15) is 33.6 Å². The summed E-state index contributed by atoms with van der Waals surface area (Å²) in [7, 11) is 0. The molecule has 0 radical (unpaired) electrons. The van der Waals surface area contributed by atoms with Crippen LogP contribution in [0.4, 0.5) is 4.79 Å². The summed E-state index contributed by atoms with van der Waals surface area (Å²) in [6.07, 6.45) is -1.09. The van der Waals surface area contributed by atoms with Crippen LogP contribution in [0.2, 0.25) is 0 Å². The van der Waals surface area contributed by atoms with Gasteiger partial charge in [-0.3, -0.25) is 0 Å². The quantitative estimate of drug-likeness (QED) is 0.645. The SMILES string of the molecule is CC(C)(C)OC(=O)N1CC[C@@H](O)[C@H](O)CC1. The van der Waals surface area contributed by atoms with Crippen LogP contribution in [-0.2, 0) is 4.74 Å². The smallest absolute Gasteiger partial charge is 0.410 e. The summed E-state index contributed by atoms with van der Waals surface area (Å²) in [5.74, 6) is 0. The van der Waals surface area contributed by atoms with Crippen LogP contribution in [0.15, 0.2) is 0 Å². The van der Waals surface area contributed by atoms with E-state index in [9.17, 15) is 15.0 Å². The minimum Gasteiger partial charge on any atom is -0.444 e. The lowest BCUT2D eigenvalue weighted by Gasteiger charge is -2.26. The first-order valence-electron chi connectivity index (χ1n) is 5.63. The Labute approximate surface area is 96.0 Å². The van der Waals surface area contributed by atoms with E-state index in [0.717, 1.165) is 0 Å². The van der Waals surface area contributed by atoms with Crippen LogP contribution < -0.4 is 0 Å². The highest BCUT2D eigenvalue weighted by Gasteiger charge is 2.28. The van der Waals surface area contributed by atoms with Crippen LogP contribution in [0, 0.1) is 0 Å². The van der Waals surface area contributed by atoms with Crippen LogP contribution >= 0.6 is 0 Å².